The van der Waals surface area contributed by atoms with Crippen molar-refractivity contribution in [3.8, 4) is 5.75 Å². The van der Waals surface area contributed by atoms with E-state index in [1.165, 1.54) is 11.8 Å². The van der Waals surface area contributed by atoms with Gasteiger partial charge >= 0.3 is 5.97 Å². The number of benzene rings is 1. The van der Waals surface area contributed by atoms with E-state index in [4.69, 9.17) is 14.5 Å². The molecule has 0 radical (unpaired) electrons. The van der Waals surface area contributed by atoms with Crippen molar-refractivity contribution in [1.82, 2.24) is 9.88 Å². The summed E-state index contributed by atoms with van der Waals surface area (Å²) < 4.78 is 25.4. The lowest BCUT2D eigenvalue weighted by Crippen LogP contribution is -2.28. The van der Waals surface area contributed by atoms with Gasteiger partial charge in [-0.15, -0.1) is 0 Å². The molecule has 0 saturated carbocycles. The van der Waals surface area contributed by atoms with Crippen molar-refractivity contribution in [2.24, 2.45) is 5.92 Å². The largest absolute Gasteiger partial charge is 0.491 e. The number of aliphatic carboxylic acids is 1. The summed E-state index contributed by atoms with van der Waals surface area (Å²) in [6, 6.07) is 8.85. The number of aromatic nitrogens is 1. The quantitative estimate of drug-likeness (QED) is 0.438. The maximum atomic E-state index is 14.7. The van der Waals surface area contributed by atoms with E-state index in [2.05, 4.69) is 22.3 Å². The fraction of sp³-hybridized carbons (Fsp3) is 0.556. The summed E-state index contributed by atoms with van der Waals surface area (Å²) in [7, 11) is 1.59. The normalized spacial score (nSPS) is 18.6. The van der Waals surface area contributed by atoms with Crippen LogP contribution in [-0.2, 0) is 22.4 Å². The number of fused-ring (bicyclic) bond motifs is 1. The summed E-state index contributed by atoms with van der Waals surface area (Å²) in [6.45, 7) is 4.11. The van der Waals surface area contributed by atoms with Crippen LogP contribution in [0.25, 0.3) is 0 Å². The maximum absolute atomic E-state index is 14.7. The summed E-state index contributed by atoms with van der Waals surface area (Å²) in [6.07, 6.45) is 5.10. The molecular formula is C27H36FN3O4. The van der Waals surface area contributed by atoms with Gasteiger partial charge in [0.2, 0.25) is 0 Å². The molecule has 35 heavy (non-hydrogen) atoms. The minimum absolute atomic E-state index is 0.118. The monoisotopic (exact) mass is 485 g/mol. The van der Waals surface area contributed by atoms with E-state index in [9.17, 15) is 14.3 Å². The SMILES string of the molecule is COCCOc1ccc(F)c([C@H](CC(=O)O)CN2CC[C@@H](CCc3ccc4c(n3)CCCN4)C2)c1. The highest BCUT2D eigenvalue weighted by atomic mass is 19.1. The molecule has 2 aromatic rings. The number of halogens is 1. The number of carboxylic acids is 1. The minimum Gasteiger partial charge on any atom is -0.491 e. The molecule has 0 bridgehead atoms. The van der Waals surface area contributed by atoms with Crippen LogP contribution < -0.4 is 10.1 Å². The number of carbonyl (C=O) groups is 1. The third kappa shape index (κ3) is 7.15. The highest BCUT2D eigenvalue weighted by molar-refractivity contribution is 5.68. The van der Waals surface area contributed by atoms with Gasteiger partial charge in [0.05, 0.1) is 24.4 Å². The first-order valence-corrected chi connectivity index (χ1v) is 12.6. The van der Waals surface area contributed by atoms with Gasteiger partial charge in [0.25, 0.3) is 0 Å². The number of nitrogens with zero attached hydrogens (tertiary/aromatic N) is 2. The lowest BCUT2D eigenvalue weighted by atomic mass is 9.94. The Balaban J connectivity index is 1.34. The van der Waals surface area contributed by atoms with E-state index >= 15 is 0 Å². The van der Waals surface area contributed by atoms with Crippen molar-refractivity contribution in [3.63, 3.8) is 0 Å². The van der Waals surface area contributed by atoms with E-state index in [1.807, 2.05) is 0 Å². The number of nitrogens with one attached hydrogen (secondary N) is 1. The lowest BCUT2D eigenvalue weighted by molar-refractivity contribution is -0.137. The molecule has 2 aliphatic heterocycles. The Morgan fingerprint density at radius 2 is 2.20 bits per heavy atom. The summed E-state index contributed by atoms with van der Waals surface area (Å²) in [4.78, 5) is 18.7. The number of ether oxygens (including phenoxy) is 2. The van der Waals surface area contributed by atoms with E-state index < -0.39 is 11.9 Å². The molecule has 0 spiro atoms. The molecule has 4 rings (SSSR count). The van der Waals surface area contributed by atoms with Gasteiger partial charge in [-0.3, -0.25) is 9.78 Å². The second-order valence-electron chi connectivity index (χ2n) is 9.60. The van der Waals surface area contributed by atoms with Crippen molar-refractivity contribution in [1.29, 1.82) is 0 Å². The second-order valence-corrected chi connectivity index (χ2v) is 9.60. The molecule has 1 aromatic heterocycles. The van der Waals surface area contributed by atoms with Crippen LogP contribution in [0.4, 0.5) is 10.1 Å². The molecular weight excluding hydrogens is 449 g/mol. The van der Waals surface area contributed by atoms with Gasteiger partial charge in [-0.25, -0.2) is 4.39 Å². The number of likely N-dealkylation sites (tertiary alicyclic amines) is 1. The highest BCUT2D eigenvalue weighted by Crippen LogP contribution is 2.31. The molecule has 2 N–H and O–H groups in total. The van der Waals surface area contributed by atoms with Gasteiger partial charge < -0.3 is 24.8 Å². The van der Waals surface area contributed by atoms with Gasteiger partial charge in [0.1, 0.15) is 18.2 Å². The van der Waals surface area contributed by atoms with Gasteiger partial charge in [-0.1, -0.05) is 0 Å². The maximum Gasteiger partial charge on any atom is 0.304 e. The van der Waals surface area contributed by atoms with Crippen molar-refractivity contribution in [3.05, 3.63) is 53.1 Å². The minimum atomic E-state index is -0.927. The Morgan fingerprint density at radius 1 is 1.31 bits per heavy atom. The topological polar surface area (TPSA) is 83.9 Å². The predicted molar refractivity (Wildman–Crippen MR) is 133 cm³/mol. The number of hydrogen-bond donors (Lipinski definition) is 2. The van der Waals surface area contributed by atoms with Gasteiger partial charge in [0, 0.05) is 38.4 Å². The molecule has 3 heterocycles. The Morgan fingerprint density at radius 3 is 3.03 bits per heavy atom. The van der Waals surface area contributed by atoms with Crippen LogP contribution in [0.2, 0.25) is 0 Å². The molecule has 0 unspecified atom stereocenters. The number of aryl methyl sites for hydroxylation is 2. The molecule has 1 saturated heterocycles. The van der Waals surface area contributed by atoms with Crippen LogP contribution in [0.5, 0.6) is 5.75 Å². The van der Waals surface area contributed by atoms with Gasteiger partial charge in [0.15, 0.2) is 0 Å². The van der Waals surface area contributed by atoms with Crippen molar-refractivity contribution < 1.29 is 23.8 Å². The zero-order valence-corrected chi connectivity index (χ0v) is 20.5. The summed E-state index contributed by atoms with van der Waals surface area (Å²) >= 11 is 0. The molecule has 7 nitrogen and oxygen atoms in total. The van der Waals surface area contributed by atoms with E-state index in [0.29, 0.717) is 37.0 Å². The molecule has 1 fully saturated rings. The molecule has 0 aliphatic carbocycles. The first-order chi connectivity index (χ1) is 17.0. The number of hydrogen-bond acceptors (Lipinski definition) is 6. The van der Waals surface area contributed by atoms with Gasteiger partial charge in [-0.2, -0.15) is 0 Å². The average molecular weight is 486 g/mol. The first kappa shape index (κ1) is 25.4. The average Bonchev–Trinajstić information content (AvgIpc) is 3.30. The fourth-order valence-corrected chi connectivity index (χ4v) is 5.15. The number of rotatable bonds is 12. The van der Waals surface area contributed by atoms with Crippen LogP contribution in [0.15, 0.2) is 30.3 Å². The van der Waals surface area contributed by atoms with Crippen LogP contribution in [0.1, 0.15) is 48.6 Å². The van der Waals surface area contributed by atoms with E-state index in [-0.39, 0.29) is 12.2 Å². The summed E-state index contributed by atoms with van der Waals surface area (Å²) in [5, 5.41) is 12.9. The molecule has 1 aromatic carbocycles. The lowest BCUT2D eigenvalue weighted by Gasteiger charge is -2.24. The fourth-order valence-electron chi connectivity index (χ4n) is 5.15. The summed E-state index contributed by atoms with van der Waals surface area (Å²) in [5.41, 5.74) is 3.88. The standard InChI is InChI=1S/C27H36FN3O4/c1-34-13-14-35-22-7-8-24(28)23(16-22)20(15-27(32)33)18-31-12-10-19(17-31)4-5-21-6-9-25-26(30-21)3-2-11-29-25/h6-9,16,19-20,29H,2-5,10-15,17-18H2,1H3,(H,32,33)/t19-,20-/m1/s1. The van der Waals surface area contributed by atoms with Crippen molar-refractivity contribution in [2.45, 2.75) is 44.4 Å². The Kier molecular flexibility index (Phi) is 8.93. The molecule has 190 valence electrons. The molecule has 2 atom stereocenters. The number of anilines is 1. The smallest absolute Gasteiger partial charge is 0.304 e. The highest BCUT2D eigenvalue weighted by Gasteiger charge is 2.28. The molecule has 8 heteroatoms. The van der Waals surface area contributed by atoms with Gasteiger partial charge in [-0.05, 0) is 80.5 Å². The van der Waals surface area contributed by atoms with E-state index in [1.54, 1.807) is 19.2 Å². The van der Waals surface area contributed by atoms with E-state index in [0.717, 1.165) is 63.1 Å². The van der Waals surface area contributed by atoms with Crippen LogP contribution in [0, 0.1) is 11.7 Å². The zero-order chi connectivity index (χ0) is 24.6. The number of methoxy groups -OCH3 is 1. The van der Waals surface area contributed by atoms with Crippen LogP contribution >= 0.6 is 0 Å². The Bertz CT molecular complexity index is 1000. The van der Waals surface area contributed by atoms with Crippen LogP contribution in [0.3, 0.4) is 0 Å². The second kappa shape index (κ2) is 12.3. The Labute approximate surface area is 206 Å². The number of carboxylic acid groups (broad SMARTS) is 1. The first-order valence-electron chi connectivity index (χ1n) is 12.6. The number of pyridine rings is 1. The van der Waals surface area contributed by atoms with Crippen LogP contribution in [-0.4, -0.2) is 67.5 Å². The third-order valence-corrected chi connectivity index (χ3v) is 6.98. The molecule has 0 amide bonds. The van der Waals surface area contributed by atoms with Crippen molar-refractivity contribution >= 4 is 11.7 Å². The summed E-state index contributed by atoms with van der Waals surface area (Å²) in [5.74, 6) is -0.694. The van der Waals surface area contributed by atoms with Crippen molar-refractivity contribution in [2.75, 3.05) is 51.8 Å². The molecule has 2 aliphatic rings. The zero-order valence-electron chi connectivity index (χ0n) is 20.5. The predicted octanol–water partition coefficient (Wildman–Crippen LogP) is 4.12. The third-order valence-electron chi connectivity index (χ3n) is 6.98. The Hall–Kier alpha value is -2.71.